The van der Waals surface area contributed by atoms with E-state index in [9.17, 15) is 9.18 Å². The van der Waals surface area contributed by atoms with E-state index in [0.29, 0.717) is 5.56 Å². The molecule has 6 heteroatoms. The zero-order valence-corrected chi connectivity index (χ0v) is 13.0. The van der Waals surface area contributed by atoms with Crippen molar-refractivity contribution in [1.29, 1.82) is 0 Å². The van der Waals surface area contributed by atoms with Crippen molar-refractivity contribution in [3.63, 3.8) is 0 Å². The van der Waals surface area contributed by atoms with Gasteiger partial charge in [-0.1, -0.05) is 6.07 Å². The van der Waals surface area contributed by atoms with Crippen LogP contribution in [0.3, 0.4) is 0 Å². The highest BCUT2D eigenvalue weighted by molar-refractivity contribution is 5.77. The Morgan fingerprint density at radius 2 is 2.18 bits per heavy atom. The topological polar surface area (TPSA) is 59.6 Å². The zero-order chi connectivity index (χ0) is 15.9. The van der Waals surface area contributed by atoms with Crippen molar-refractivity contribution in [1.82, 2.24) is 10.6 Å². The molecule has 1 aromatic carbocycles. The lowest BCUT2D eigenvalue weighted by Crippen LogP contribution is -2.36. The van der Waals surface area contributed by atoms with Gasteiger partial charge in [-0.15, -0.1) is 0 Å². The molecule has 5 nitrogen and oxygen atoms in total. The number of hydrogen-bond acceptors (Lipinski definition) is 4. The number of nitrogens with one attached hydrogen (secondary N) is 2. The maximum Gasteiger partial charge on any atom is 0.246 e. The largest absolute Gasteiger partial charge is 0.494 e. The van der Waals surface area contributed by atoms with Gasteiger partial charge < -0.3 is 20.1 Å². The lowest BCUT2D eigenvalue weighted by Gasteiger charge is -2.23. The van der Waals surface area contributed by atoms with E-state index < -0.39 is 5.82 Å². The van der Waals surface area contributed by atoms with Gasteiger partial charge in [0.25, 0.3) is 0 Å². The molecule has 0 spiro atoms. The highest BCUT2D eigenvalue weighted by atomic mass is 19.1. The second-order valence-electron chi connectivity index (χ2n) is 5.44. The summed E-state index contributed by atoms with van der Waals surface area (Å²) in [5, 5.41) is 6.06. The molecule has 1 unspecified atom stereocenters. The molecule has 2 rings (SSSR count). The molecule has 1 saturated heterocycles. The molecule has 22 heavy (non-hydrogen) atoms. The van der Waals surface area contributed by atoms with Crippen LogP contribution in [0.1, 0.15) is 31.4 Å². The van der Waals surface area contributed by atoms with Crippen molar-refractivity contribution >= 4 is 5.91 Å². The third kappa shape index (κ3) is 4.68. The van der Waals surface area contributed by atoms with Crippen molar-refractivity contribution in [2.45, 2.75) is 31.9 Å². The Balaban J connectivity index is 1.81. The average Bonchev–Trinajstić information content (AvgIpc) is 2.53. The molecule has 1 heterocycles. The van der Waals surface area contributed by atoms with E-state index in [0.717, 1.165) is 25.9 Å². The quantitative estimate of drug-likeness (QED) is 0.841. The number of carbonyl (C=O) groups is 1. The fraction of sp³-hybridized carbons (Fsp3) is 0.562. The van der Waals surface area contributed by atoms with Crippen molar-refractivity contribution in [3.05, 3.63) is 29.6 Å². The predicted octanol–water partition coefficient (Wildman–Crippen LogP) is 1.78. The molecular weight excluding hydrogens is 287 g/mol. The molecule has 0 bridgehead atoms. The number of rotatable bonds is 6. The van der Waals surface area contributed by atoms with E-state index in [1.165, 1.54) is 13.2 Å². The molecular formula is C16H23FN2O3. The van der Waals surface area contributed by atoms with Crippen LogP contribution >= 0.6 is 0 Å². The molecule has 1 aliphatic rings. The van der Waals surface area contributed by atoms with Gasteiger partial charge in [-0.05, 0) is 50.6 Å². The summed E-state index contributed by atoms with van der Waals surface area (Å²) >= 11 is 0. The van der Waals surface area contributed by atoms with Crippen LogP contribution < -0.4 is 15.4 Å². The number of carbonyl (C=O) groups excluding carboxylic acids is 1. The smallest absolute Gasteiger partial charge is 0.246 e. The maximum atomic E-state index is 13.7. The number of amides is 1. The second-order valence-corrected chi connectivity index (χ2v) is 5.44. The molecule has 0 radical (unpaired) electrons. The minimum atomic E-state index is -0.438. The standard InChI is InChI=1S/C16H23FN2O3/c1-11(12-3-4-15(21-2)14(17)9-12)19-16(20)10-22-13-5-7-18-8-6-13/h3-4,9,11,13,18H,5-8,10H2,1-2H3,(H,19,20). The first-order valence-corrected chi connectivity index (χ1v) is 7.55. The lowest BCUT2D eigenvalue weighted by molar-refractivity contribution is -0.128. The summed E-state index contributed by atoms with van der Waals surface area (Å²) in [5.74, 6) is -0.439. The molecule has 1 atom stereocenters. The van der Waals surface area contributed by atoms with Crippen molar-refractivity contribution in [3.8, 4) is 5.75 Å². The highest BCUT2D eigenvalue weighted by Gasteiger charge is 2.16. The van der Waals surface area contributed by atoms with Gasteiger partial charge in [0.05, 0.1) is 19.3 Å². The van der Waals surface area contributed by atoms with Gasteiger partial charge in [-0.2, -0.15) is 0 Å². The molecule has 1 aliphatic heterocycles. The molecule has 1 aromatic rings. The Kier molecular flexibility index (Phi) is 6.15. The normalized spacial score (nSPS) is 17.0. The summed E-state index contributed by atoms with van der Waals surface area (Å²) in [4.78, 5) is 11.9. The minimum Gasteiger partial charge on any atom is -0.494 e. The number of ether oxygens (including phenoxy) is 2. The van der Waals surface area contributed by atoms with Gasteiger partial charge in [0.2, 0.25) is 5.91 Å². The molecule has 1 amide bonds. The van der Waals surface area contributed by atoms with Crippen LogP contribution in [0.25, 0.3) is 0 Å². The number of hydrogen-bond donors (Lipinski definition) is 2. The number of benzene rings is 1. The van der Waals surface area contributed by atoms with Crippen LogP contribution in [0.15, 0.2) is 18.2 Å². The molecule has 122 valence electrons. The van der Waals surface area contributed by atoms with E-state index in [1.54, 1.807) is 12.1 Å². The maximum absolute atomic E-state index is 13.7. The number of methoxy groups -OCH3 is 1. The van der Waals surface area contributed by atoms with E-state index in [1.807, 2.05) is 6.92 Å². The molecule has 0 saturated carbocycles. The van der Waals surface area contributed by atoms with Gasteiger partial charge in [-0.3, -0.25) is 4.79 Å². The fourth-order valence-electron chi connectivity index (χ4n) is 2.47. The molecule has 0 aliphatic carbocycles. The monoisotopic (exact) mass is 310 g/mol. The Morgan fingerprint density at radius 3 is 2.82 bits per heavy atom. The van der Waals surface area contributed by atoms with Crippen LogP contribution in [-0.2, 0) is 9.53 Å². The zero-order valence-electron chi connectivity index (χ0n) is 13.0. The first kappa shape index (κ1) is 16.7. The summed E-state index contributed by atoms with van der Waals surface area (Å²) in [6.45, 7) is 3.69. The summed E-state index contributed by atoms with van der Waals surface area (Å²) in [5.41, 5.74) is 0.688. The minimum absolute atomic E-state index is 0.0354. The fourth-order valence-corrected chi connectivity index (χ4v) is 2.47. The second kappa shape index (κ2) is 8.10. The van der Waals surface area contributed by atoms with Crippen LogP contribution in [0.4, 0.5) is 4.39 Å². The van der Waals surface area contributed by atoms with E-state index in [4.69, 9.17) is 9.47 Å². The Bertz CT molecular complexity index is 504. The van der Waals surface area contributed by atoms with Gasteiger partial charge >= 0.3 is 0 Å². The third-order valence-electron chi connectivity index (χ3n) is 3.79. The summed E-state index contributed by atoms with van der Waals surface area (Å²) < 4.78 is 24.1. The average molecular weight is 310 g/mol. The lowest BCUT2D eigenvalue weighted by atomic mass is 10.1. The molecule has 1 fully saturated rings. The van der Waals surface area contributed by atoms with Gasteiger partial charge in [0, 0.05) is 0 Å². The van der Waals surface area contributed by atoms with Crippen molar-refractivity contribution in [2.75, 3.05) is 26.8 Å². The van der Waals surface area contributed by atoms with Crippen LogP contribution in [0, 0.1) is 5.82 Å². The van der Waals surface area contributed by atoms with Gasteiger partial charge in [-0.25, -0.2) is 4.39 Å². The third-order valence-corrected chi connectivity index (χ3v) is 3.79. The van der Waals surface area contributed by atoms with E-state index in [2.05, 4.69) is 10.6 Å². The Hall–Kier alpha value is -1.66. The van der Waals surface area contributed by atoms with Gasteiger partial charge in [0.1, 0.15) is 6.61 Å². The first-order chi connectivity index (χ1) is 10.6. The number of halogens is 1. The van der Waals surface area contributed by atoms with Gasteiger partial charge in [0.15, 0.2) is 11.6 Å². The number of piperidine rings is 1. The van der Waals surface area contributed by atoms with Crippen molar-refractivity contribution < 1.29 is 18.7 Å². The van der Waals surface area contributed by atoms with E-state index in [-0.39, 0.29) is 30.4 Å². The summed E-state index contributed by atoms with van der Waals surface area (Å²) in [7, 11) is 1.42. The Labute approximate surface area is 130 Å². The van der Waals surface area contributed by atoms with Crippen LogP contribution in [0.2, 0.25) is 0 Å². The molecule has 2 N–H and O–H groups in total. The van der Waals surface area contributed by atoms with E-state index >= 15 is 0 Å². The van der Waals surface area contributed by atoms with Crippen LogP contribution in [0.5, 0.6) is 5.75 Å². The predicted molar refractivity (Wildman–Crippen MR) is 81.4 cm³/mol. The summed E-state index contributed by atoms with van der Waals surface area (Å²) in [6, 6.07) is 4.38. The first-order valence-electron chi connectivity index (χ1n) is 7.55. The van der Waals surface area contributed by atoms with Crippen LogP contribution in [-0.4, -0.2) is 38.8 Å². The van der Waals surface area contributed by atoms with Crippen molar-refractivity contribution in [2.24, 2.45) is 0 Å². The SMILES string of the molecule is COc1ccc(C(C)NC(=O)COC2CCNCC2)cc1F. The highest BCUT2D eigenvalue weighted by Crippen LogP contribution is 2.21. The Morgan fingerprint density at radius 1 is 1.45 bits per heavy atom. The summed E-state index contributed by atoms with van der Waals surface area (Å²) in [6.07, 6.45) is 1.99. The molecule has 0 aromatic heterocycles.